The number of carbonyl (C=O) groups is 2. The summed E-state index contributed by atoms with van der Waals surface area (Å²) in [6, 6.07) is 0. The van der Waals surface area contributed by atoms with E-state index in [1.54, 1.807) is 0 Å². The number of nitrogens with one attached hydrogen (secondary N) is 2. The molecule has 0 fully saturated rings. The molecule has 13 heavy (non-hydrogen) atoms. The van der Waals surface area contributed by atoms with Gasteiger partial charge in [-0.25, -0.2) is 4.79 Å². The fraction of sp³-hybridized carbons (Fsp3) is 0.714. The third-order valence-electron chi connectivity index (χ3n) is 1.22. The molecular formula is C7H14N2O4. The Morgan fingerprint density at radius 3 is 2.69 bits per heavy atom. The summed E-state index contributed by atoms with van der Waals surface area (Å²) in [6.07, 6.45) is -0.414. The minimum atomic E-state index is -0.627. The lowest BCUT2D eigenvalue weighted by atomic mass is 10.4. The second kappa shape index (κ2) is 7.35. The Bertz CT molecular complexity index is 172. The van der Waals surface area contributed by atoms with Gasteiger partial charge in [-0.1, -0.05) is 0 Å². The van der Waals surface area contributed by atoms with Gasteiger partial charge in [-0.3, -0.25) is 4.79 Å². The monoisotopic (exact) mass is 190 g/mol. The van der Waals surface area contributed by atoms with Crippen LogP contribution in [-0.4, -0.2) is 43.9 Å². The number of alkyl carbamates (subject to hydrolysis) is 1. The number of carbonyl (C=O) groups excluding carboxylic acids is 2. The fourth-order valence-corrected chi connectivity index (χ4v) is 0.592. The van der Waals surface area contributed by atoms with E-state index in [4.69, 9.17) is 5.11 Å². The van der Waals surface area contributed by atoms with Gasteiger partial charge in [-0.15, -0.1) is 0 Å². The van der Waals surface area contributed by atoms with Crippen LogP contribution in [0.2, 0.25) is 0 Å². The lowest BCUT2D eigenvalue weighted by Crippen LogP contribution is -2.30. The molecule has 6 nitrogen and oxygen atoms in total. The predicted molar refractivity (Wildman–Crippen MR) is 45.1 cm³/mol. The van der Waals surface area contributed by atoms with E-state index in [0.717, 1.165) is 0 Å². The van der Waals surface area contributed by atoms with Gasteiger partial charge in [0.15, 0.2) is 0 Å². The van der Waals surface area contributed by atoms with E-state index in [-0.39, 0.29) is 32.1 Å². The molecule has 6 heteroatoms. The Morgan fingerprint density at radius 1 is 1.46 bits per heavy atom. The van der Waals surface area contributed by atoms with Gasteiger partial charge in [0.2, 0.25) is 5.91 Å². The van der Waals surface area contributed by atoms with Crippen LogP contribution in [0.15, 0.2) is 0 Å². The molecule has 0 aromatic heterocycles. The Kier molecular flexibility index (Phi) is 6.62. The van der Waals surface area contributed by atoms with E-state index in [1.165, 1.54) is 7.05 Å². The highest BCUT2D eigenvalue weighted by molar-refractivity contribution is 5.76. The molecule has 0 saturated carbocycles. The molecule has 0 radical (unpaired) electrons. The van der Waals surface area contributed by atoms with Crippen LogP contribution in [0.25, 0.3) is 0 Å². The zero-order valence-corrected chi connectivity index (χ0v) is 7.50. The number of aliphatic hydroxyl groups excluding tert-OH is 1. The molecule has 0 spiro atoms. The normalized spacial score (nSPS) is 9.08. The molecule has 0 aliphatic heterocycles. The van der Waals surface area contributed by atoms with Crippen LogP contribution in [0.3, 0.4) is 0 Å². The third kappa shape index (κ3) is 7.07. The molecule has 0 aliphatic carbocycles. The summed E-state index contributed by atoms with van der Waals surface area (Å²) in [5.74, 6) is -0.151. The lowest BCUT2D eigenvalue weighted by Gasteiger charge is -2.04. The van der Waals surface area contributed by atoms with Crippen LogP contribution >= 0.6 is 0 Å². The van der Waals surface area contributed by atoms with Crippen LogP contribution < -0.4 is 10.6 Å². The van der Waals surface area contributed by atoms with Crippen molar-refractivity contribution in [2.45, 2.75) is 6.42 Å². The second-order valence-corrected chi connectivity index (χ2v) is 2.21. The van der Waals surface area contributed by atoms with Crippen LogP contribution in [0, 0.1) is 0 Å². The number of rotatable bonds is 5. The van der Waals surface area contributed by atoms with Gasteiger partial charge in [0.1, 0.15) is 6.61 Å². The highest BCUT2D eigenvalue weighted by atomic mass is 16.6. The lowest BCUT2D eigenvalue weighted by molar-refractivity contribution is -0.120. The molecule has 0 aliphatic rings. The number of hydrogen-bond donors (Lipinski definition) is 3. The topological polar surface area (TPSA) is 87.7 Å². The van der Waals surface area contributed by atoms with E-state index in [0.29, 0.717) is 0 Å². The largest absolute Gasteiger partial charge is 0.447 e. The molecule has 0 aromatic carbocycles. The Labute approximate surface area is 76.3 Å². The van der Waals surface area contributed by atoms with E-state index >= 15 is 0 Å². The van der Waals surface area contributed by atoms with Crippen molar-refractivity contribution in [3.8, 4) is 0 Å². The summed E-state index contributed by atoms with van der Waals surface area (Å²) in [4.78, 5) is 21.4. The molecule has 76 valence electrons. The number of ether oxygens (including phenoxy) is 1. The molecule has 0 rings (SSSR count). The minimum Gasteiger partial charge on any atom is -0.447 e. The fourth-order valence-electron chi connectivity index (χ4n) is 0.592. The van der Waals surface area contributed by atoms with Crippen molar-refractivity contribution < 1.29 is 19.4 Å². The summed E-state index contributed by atoms with van der Waals surface area (Å²) < 4.78 is 4.47. The Hall–Kier alpha value is -1.30. The summed E-state index contributed by atoms with van der Waals surface area (Å²) in [7, 11) is 1.52. The van der Waals surface area contributed by atoms with Crippen molar-refractivity contribution in [3.63, 3.8) is 0 Å². The van der Waals surface area contributed by atoms with Gasteiger partial charge in [0.25, 0.3) is 0 Å². The maximum absolute atomic E-state index is 10.7. The maximum atomic E-state index is 10.7. The van der Waals surface area contributed by atoms with Crippen molar-refractivity contribution >= 4 is 12.0 Å². The summed E-state index contributed by atoms with van der Waals surface area (Å²) in [5, 5.41) is 13.1. The predicted octanol–water partition coefficient (Wildman–Crippen LogP) is -1.16. The second-order valence-electron chi connectivity index (χ2n) is 2.21. The molecular weight excluding hydrogens is 176 g/mol. The van der Waals surface area contributed by atoms with Crippen LogP contribution in [0.4, 0.5) is 4.79 Å². The van der Waals surface area contributed by atoms with E-state index in [1.807, 2.05) is 0 Å². The van der Waals surface area contributed by atoms with Crippen molar-refractivity contribution in [2.24, 2.45) is 0 Å². The van der Waals surface area contributed by atoms with Crippen molar-refractivity contribution in [1.29, 1.82) is 0 Å². The van der Waals surface area contributed by atoms with Gasteiger partial charge >= 0.3 is 6.09 Å². The molecule has 0 aromatic rings. The first-order chi connectivity index (χ1) is 6.20. The summed E-state index contributed by atoms with van der Waals surface area (Å²) >= 11 is 0. The van der Waals surface area contributed by atoms with Gasteiger partial charge in [0, 0.05) is 20.0 Å². The molecule has 3 N–H and O–H groups in total. The van der Waals surface area contributed by atoms with E-state index in [9.17, 15) is 9.59 Å². The van der Waals surface area contributed by atoms with Crippen molar-refractivity contribution in [1.82, 2.24) is 10.6 Å². The van der Waals surface area contributed by atoms with Gasteiger partial charge in [-0.2, -0.15) is 0 Å². The maximum Gasteiger partial charge on any atom is 0.407 e. The van der Waals surface area contributed by atoms with Gasteiger partial charge in [0.05, 0.1) is 6.61 Å². The first-order valence-corrected chi connectivity index (χ1v) is 3.92. The minimum absolute atomic E-state index is 0.0359. The van der Waals surface area contributed by atoms with Crippen LogP contribution in [-0.2, 0) is 9.53 Å². The summed E-state index contributed by atoms with van der Waals surface area (Å²) in [5.41, 5.74) is 0. The Morgan fingerprint density at radius 2 is 2.15 bits per heavy atom. The van der Waals surface area contributed by atoms with Crippen LogP contribution in [0.5, 0.6) is 0 Å². The zero-order valence-electron chi connectivity index (χ0n) is 7.50. The molecule has 2 amide bonds. The third-order valence-corrected chi connectivity index (χ3v) is 1.22. The SMILES string of the molecule is CNC(=O)CCNC(=O)OCCO. The molecule has 0 saturated heterocycles. The van der Waals surface area contributed by atoms with E-state index in [2.05, 4.69) is 15.4 Å². The number of aliphatic hydroxyl groups is 1. The van der Waals surface area contributed by atoms with Crippen molar-refractivity contribution in [2.75, 3.05) is 26.8 Å². The van der Waals surface area contributed by atoms with E-state index < -0.39 is 6.09 Å². The zero-order chi connectivity index (χ0) is 10.1. The molecule has 0 unspecified atom stereocenters. The average molecular weight is 190 g/mol. The molecule has 0 atom stereocenters. The smallest absolute Gasteiger partial charge is 0.407 e. The number of hydrogen-bond acceptors (Lipinski definition) is 4. The summed E-state index contributed by atoms with van der Waals surface area (Å²) in [6.45, 7) is -0.0153. The highest BCUT2D eigenvalue weighted by Gasteiger charge is 2.02. The molecule has 0 heterocycles. The average Bonchev–Trinajstić information content (AvgIpc) is 2.14. The van der Waals surface area contributed by atoms with Gasteiger partial charge in [-0.05, 0) is 0 Å². The first-order valence-electron chi connectivity index (χ1n) is 3.92. The molecule has 0 bridgehead atoms. The van der Waals surface area contributed by atoms with Gasteiger partial charge < -0.3 is 20.5 Å². The van der Waals surface area contributed by atoms with Crippen molar-refractivity contribution in [3.05, 3.63) is 0 Å². The number of amides is 2. The highest BCUT2D eigenvalue weighted by Crippen LogP contribution is 1.79. The van der Waals surface area contributed by atoms with Crippen LogP contribution in [0.1, 0.15) is 6.42 Å². The first kappa shape index (κ1) is 11.7. The Balaban J connectivity index is 3.31. The standard InChI is InChI=1S/C7H14N2O4/c1-8-6(11)2-3-9-7(12)13-5-4-10/h10H,2-5H2,1H3,(H,8,11)(H,9,12). The quantitative estimate of drug-likeness (QED) is 0.510.